The van der Waals surface area contributed by atoms with Gasteiger partial charge < -0.3 is 10.2 Å². The van der Waals surface area contributed by atoms with Crippen LogP contribution in [0.3, 0.4) is 0 Å². The molecule has 0 saturated carbocycles. The van der Waals surface area contributed by atoms with Gasteiger partial charge in [0.05, 0.1) is 15.9 Å². The highest BCUT2D eigenvalue weighted by molar-refractivity contribution is 7.20. The molecule has 3 nitrogen and oxygen atoms in total. The van der Waals surface area contributed by atoms with Gasteiger partial charge in [-0.15, -0.1) is 22.7 Å². The van der Waals surface area contributed by atoms with E-state index in [-0.39, 0.29) is 11.9 Å². The van der Waals surface area contributed by atoms with Crippen LogP contribution in [0.15, 0.2) is 23.6 Å². The van der Waals surface area contributed by atoms with Crippen LogP contribution in [0.1, 0.15) is 21.3 Å². The first-order valence-corrected chi connectivity index (χ1v) is 8.37. The molecule has 2 heterocycles. The van der Waals surface area contributed by atoms with Crippen molar-refractivity contribution < 1.29 is 4.79 Å². The van der Waals surface area contributed by atoms with Crippen LogP contribution in [-0.4, -0.2) is 31.4 Å². The summed E-state index contributed by atoms with van der Waals surface area (Å²) in [5, 5.41) is 4.94. The Morgan fingerprint density at radius 2 is 2.20 bits per heavy atom. The minimum absolute atomic E-state index is 0.145. The zero-order chi connectivity index (χ0) is 14.7. The number of halogens is 2. The molecule has 0 saturated heterocycles. The first-order chi connectivity index (χ1) is 9.49. The minimum Gasteiger partial charge on any atom is -0.350 e. The fourth-order valence-electron chi connectivity index (χ4n) is 1.80. The monoisotopic (exact) mass is 348 g/mol. The van der Waals surface area contributed by atoms with E-state index in [0.717, 1.165) is 0 Å². The van der Waals surface area contributed by atoms with Crippen LogP contribution < -0.4 is 5.32 Å². The minimum atomic E-state index is -0.193. The number of nitrogens with zero attached hydrogens (tertiary/aromatic N) is 1. The number of hydrogen-bond acceptors (Lipinski definition) is 4. The zero-order valence-electron chi connectivity index (χ0n) is 11.0. The molecule has 0 aliphatic heterocycles. The molecule has 7 heteroatoms. The molecule has 0 fully saturated rings. The van der Waals surface area contributed by atoms with Gasteiger partial charge >= 0.3 is 0 Å². The van der Waals surface area contributed by atoms with E-state index in [2.05, 4.69) is 16.3 Å². The third-order valence-electron chi connectivity index (χ3n) is 2.85. The van der Waals surface area contributed by atoms with Crippen LogP contribution in [0, 0.1) is 0 Å². The second-order valence-corrected chi connectivity index (χ2v) is 7.71. The van der Waals surface area contributed by atoms with E-state index in [1.807, 2.05) is 25.5 Å². The molecular formula is C13H14Cl2N2OS2. The zero-order valence-corrected chi connectivity index (χ0v) is 14.2. The summed E-state index contributed by atoms with van der Waals surface area (Å²) in [6.45, 7) is 0.524. The lowest BCUT2D eigenvalue weighted by atomic mass is 10.2. The average Bonchev–Trinajstić information content (AvgIpc) is 2.99. The number of nitrogens with one attached hydrogen (secondary N) is 1. The highest BCUT2D eigenvalue weighted by atomic mass is 35.5. The van der Waals surface area contributed by atoms with E-state index in [1.165, 1.54) is 16.2 Å². The molecule has 20 heavy (non-hydrogen) atoms. The van der Waals surface area contributed by atoms with Gasteiger partial charge in [-0.1, -0.05) is 29.3 Å². The van der Waals surface area contributed by atoms with Crippen molar-refractivity contribution in [2.75, 3.05) is 20.6 Å². The largest absolute Gasteiger partial charge is 0.350 e. The van der Waals surface area contributed by atoms with Gasteiger partial charge in [0.15, 0.2) is 0 Å². The molecule has 1 amide bonds. The Kier molecular flexibility index (Phi) is 5.46. The SMILES string of the molecule is CN(C)C(CNC(=O)c1cc(Cl)sc1Cl)c1cccs1. The predicted molar refractivity (Wildman–Crippen MR) is 87.4 cm³/mol. The van der Waals surface area contributed by atoms with Gasteiger partial charge in [0, 0.05) is 11.4 Å². The van der Waals surface area contributed by atoms with Crippen LogP contribution in [0.5, 0.6) is 0 Å². The van der Waals surface area contributed by atoms with Crippen molar-refractivity contribution in [2.45, 2.75) is 6.04 Å². The molecule has 1 unspecified atom stereocenters. The maximum Gasteiger partial charge on any atom is 0.253 e. The maximum absolute atomic E-state index is 12.1. The van der Waals surface area contributed by atoms with Crippen LogP contribution in [0.2, 0.25) is 8.67 Å². The third kappa shape index (κ3) is 3.74. The fourth-order valence-corrected chi connectivity index (χ4v) is 4.18. The van der Waals surface area contributed by atoms with E-state index in [4.69, 9.17) is 23.2 Å². The Labute approximate surface area is 136 Å². The van der Waals surface area contributed by atoms with E-state index in [9.17, 15) is 4.79 Å². The van der Waals surface area contributed by atoms with E-state index in [1.54, 1.807) is 17.4 Å². The van der Waals surface area contributed by atoms with Crippen molar-refractivity contribution in [1.29, 1.82) is 0 Å². The molecule has 2 rings (SSSR count). The summed E-state index contributed by atoms with van der Waals surface area (Å²) < 4.78 is 0.938. The van der Waals surface area contributed by atoms with Gasteiger partial charge in [-0.3, -0.25) is 4.79 Å². The summed E-state index contributed by atoms with van der Waals surface area (Å²) in [4.78, 5) is 15.4. The van der Waals surface area contributed by atoms with Crippen molar-refractivity contribution in [3.05, 3.63) is 42.7 Å². The Bertz CT molecular complexity index is 581. The topological polar surface area (TPSA) is 32.3 Å². The van der Waals surface area contributed by atoms with E-state index >= 15 is 0 Å². The molecule has 0 aliphatic rings. The smallest absolute Gasteiger partial charge is 0.253 e. The molecular weight excluding hydrogens is 335 g/mol. The molecule has 2 aromatic rings. The van der Waals surface area contributed by atoms with Crippen LogP contribution >= 0.6 is 45.9 Å². The highest BCUT2D eigenvalue weighted by Gasteiger charge is 2.19. The van der Waals surface area contributed by atoms with Crippen molar-refractivity contribution in [1.82, 2.24) is 10.2 Å². The summed E-state index contributed by atoms with van der Waals surface area (Å²) in [5.74, 6) is -0.193. The Balaban J connectivity index is 2.03. The van der Waals surface area contributed by atoms with Crippen LogP contribution in [0.4, 0.5) is 0 Å². The number of carbonyl (C=O) groups excluding carboxylic acids is 1. The van der Waals surface area contributed by atoms with Crippen molar-refractivity contribution >= 4 is 51.8 Å². The van der Waals surface area contributed by atoms with Crippen LogP contribution in [0.25, 0.3) is 0 Å². The number of rotatable bonds is 5. The molecule has 0 aromatic carbocycles. The van der Waals surface area contributed by atoms with Gasteiger partial charge in [-0.05, 0) is 31.6 Å². The second kappa shape index (κ2) is 6.91. The number of carbonyl (C=O) groups is 1. The van der Waals surface area contributed by atoms with E-state index in [0.29, 0.717) is 20.8 Å². The Morgan fingerprint density at radius 1 is 1.45 bits per heavy atom. The quantitative estimate of drug-likeness (QED) is 0.880. The van der Waals surface area contributed by atoms with E-state index < -0.39 is 0 Å². The summed E-state index contributed by atoms with van der Waals surface area (Å²) in [7, 11) is 3.98. The molecule has 0 spiro atoms. The lowest BCUT2D eigenvalue weighted by Gasteiger charge is -2.23. The molecule has 0 radical (unpaired) electrons. The second-order valence-electron chi connectivity index (χ2n) is 4.44. The standard InChI is InChI=1S/C13H14Cl2N2OS2/c1-17(2)9(10-4-3-5-19-10)7-16-13(18)8-6-11(14)20-12(8)15/h3-6,9H,7H2,1-2H3,(H,16,18). The molecule has 108 valence electrons. The van der Waals surface area contributed by atoms with Gasteiger partial charge in [0.2, 0.25) is 0 Å². The maximum atomic E-state index is 12.1. The molecule has 1 atom stereocenters. The first kappa shape index (κ1) is 15.8. The average molecular weight is 349 g/mol. The number of hydrogen-bond donors (Lipinski definition) is 1. The van der Waals surface area contributed by atoms with Gasteiger partial charge in [-0.25, -0.2) is 0 Å². The normalized spacial score (nSPS) is 12.7. The fraction of sp³-hybridized carbons (Fsp3) is 0.308. The number of thiophene rings is 2. The summed E-state index contributed by atoms with van der Waals surface area (Å²) >= 11 is 14.7. The Morgan fingerprint density at radius 3 is 2.70 bits per heavy atom. The summed E-state index contributed by atoms with van der Waals surface area (Å²) in [6.07, 6.45) is 0. The van der Waals surface area contributed by atoms with Crippen molar-refractivity contribution in [2.24, 2.45) is 0 Å². The lowest BCUT2D eigenvalue weighted by molar-refractivity contribution is 0.0943. The van der Waals surface area contributed by atoms with Gasteiger partial charge in [0.25, 0.3) is 5.91 Å². The van der Waals surface area contributed by atoms with Gasteiger partial charge in [-0.2, -0.15) is 0 Å². The van der Waals surface area contributed by atoms with Gasteiger partial charge in [0.1, 0.15) is 4.34 Å². The molecule has 1 N–H and O–H groups in total. The molecule has 0 aliphatic carbocycles. The predicted octanol–water partition coefficient (Wildman–Crippen LogP) is 4.15. The Hall–Kier alpha value is -0.590. The number of likely N-dealkylation sites (N-methyl/N-ethyl adjacent to an activating group) is 1. The van der Waals surface area contributed by atoms with Crippen molar-refractivity contribution in [3.8, 4) is 0 Å². The lowest BCUT2D eigenvalue weighted by Crippen LogP contribution is -2.34. The summed E-state index contributed by atoms with van der Waals surface area (Å²) in [5.41, 5.74) is 0.436. The number of amides is 1. The van der Waals surface area contributed by atoms with Crippen molar-refractivity contribution in [3.63, 3.8) is 0 Å². The highest BCUT2D eigenvalue weighted by Crippen LogP contribution is 2.31. The first-order valence-electron chi connectivity index (χ1n) is 5.92. The summed E-state index contributed by atoms with van der Waals surface area (Å²) in [6, 6.07) is 5.82. The third-order valence-corrected chi connectivity index (χ3v) is 5.31. The van der Waals surface area contributed by atoms with Crippen LogP contribution in [-0.2, 0) is 0 Å². The molecule has 2 aromatic heterocycles. The molecule has 0 bridgehead atoms.